The second kappa shape index (κ2) is 6.25. The second-order valence-electron chi connectivity index (χ2n) is 3.65. The molecule has 1 rings (SSSR count). The molecule has 0 heterocycles. The predicted octanol–water partition coefficient (Wildman–Crippen LogP) is 1.51. The first-order valence-electron chi connectivity index (χ1n) is 5.30. The van der Waals surface area contributed by atoms with E-state index in [0.29, 0.717) is 23.7 Å². The van der Waals surface area contributed by atoms with Gasteiger partial charge in [-0.25, -0.2) is 0 Å². The Morgan fingerprint density at radius 2 is 1.88 bits per heavy atom. The molecule has 0 saturated carbocycles. The van der Waals surface area contributed by atoms with Crippen LogP contribution in [-0.2, 0) is 4.79 Å². The van der Waals surface area contributed by atoms with Gasteiger partial charge in [-0.15, -0.1) is 0 Å². The van der Waals surface area contributed by atoms with Gasteiger partial charge in [0.2, 0.25) is 5.91 Å². The van der Waals surface area contributed by atoms with Crippen LogP contribution >= 0.6 is 11.6 Å². The third-order valence-electron chi connectivity index (χ3n) is 2.30. The van der Waals surface area contributed by atoms with Crippen molar-refractivity contribution in [1.82, 2.24) is 10.6 Å². The summed E-state index contributed by atoms with van der Waals surface area (Å²) in [6.45, 7) is 4.04. The van der Waals surface area contributed by atoms with Crippen LogP contribution in [0.5, 0.6) is 0 Å². The van der Waals surface area contributed by atoms with Crippen LogP contribution in [0.4, 0.5) is 0 Å². The number of hydrogen-bond acceptors (Lipinski definition) is 2. The minimum atomic E-state index is -0.185. The van der Waals surface area contributed by atoms with Gasteiger partial charge in [-0.1, -0.05) is 17.7 Å². The van der Waals surface area contributed by atoms with Gasteiger partial charge in [-0.05, 0) is 24.6 Å². The molecule has 1 aromatic carbocycles. The van der Waals surface area contributed by atoms with Crippen LogP contribution in [0.2, 0.25) is 5.02 Å². The van der Waals surface area contributed by atoms with Crippen LogP contribution in [0, 0.1) is 6.92 Å². The number of carbonyl (C=O) groups excluding carboxylic acids is 2. The molecule has 92 valence electrons. The van der Waals surface area contributed by atoms with Crippen LogP contribution in [-0.4, -0.2) is 24.9 Å². The Balaban J connectivity index is 2.53. The Morgan fingerprint density at radius 1 is 1.24 bits per heavy atom. The molecule has 0 aliphatic heterocycles. The molecule has 0 aliphatic carbocycles. The number of carbonyl (C=O) groups is 2. The number of amides is 2. The lowest BCUT2D eigenvalue weighted by atomic mass is 10.1. The molecule has 0 fully saturated rings. The summed E-state index contributed by atoms with van der Waals surface area (Å²) in [5, 5.41) is 5.88. The van der Waals surface area contributed by atoms with Crippen LogP contribution in [0.3, 0.4) is 0 Å². The molecule has 0 saturated heterocycles. The van der Waals surface area contributed by atoms with E-state index >= 15 is 0 Å². The maximum Gasteiger partial charge on any atom is 0.251 e. The average Bonchev–Trinajstić information content (AvgIpc) is 2.27. The van der Waals surface area contributed by atoms with Crippen LogP contribution in [0.1, 0.15) is 22.8 Å². The van der Waals surface area contributed by atoms with Crippen molar-refractivity contribution >= 4 is 23.4 Å². The molecule has 0 aromatic heterocycles. The second-order valence-corrected chi connectivity index (χ2v) is 4.06. The van der Waals surface area contributed by atoms with Crippen molar-refractivity contribution in [1.29, 1.82) is 0 Å². The molecular weight excluding hydrogens is 240 g/mol. The third-order valence-corrected chi connectivity index (χ3v) is 2.71. The third kappa shape index (κ3) is 4.07. The van der Waals surface area contributed by atoms with E-state index < -0.39 is 0 Å². The zero-order valence-electron chi connectivity index (χ0n) is 9.84. The molecule has 1 aromatic rings. The van der Waals surface area contributed by atoms with Crippen molar-refractivity contribution in [3.05, 3.63) is 34.3 Å². The topological polar surface area (TPSA) is 58.2 Å². The first-order valence-corrected chi connectivity index (χ1v) is 5.68. The van der Waals surface area contributed by atoms with Crippen LogP contribution in [0.15, 0.2) is 18.2 Å². The molecule has 17 heavy (non-hydrogen) atoms. The van der Waals surface area contributed by atoms with Gasteiger partial charge < -0.3 is 10.6 Å². The van der Waals surface area contributed by atoms with Gasteiger partial charge in [0.15, 0.2) is 0 Å². The number of hydrogen-bond donors (Lipinski definition) is 2. The van der Waals surface area contributed by atoms with Gasteiger partial charge >= 0.3 is 0 Å². The summed E-state index contributed by atoms with van der Waals surface area (Å²) in [7, 11) is 0. The predicted molar refractivity (Wildman–Crippen MR) is 67.2 cm³/mol. The first-order chi connectivity index (χ1) is 8.02. The summed E-state index contributed by atoms with van der Waals surface area (Å²) < 4.78 is 0. The van der Waals surface area contributed by atoms with Crippen molar-refractivity contribution in [3.63, 3.8) is 0 Å². The van der Waals surface area contributed by atoms with Gasteiger partial charge in [0.25, 0.3) is 5.91 Å². The number of rotatable bonds is 4. The lowest BCUT2D eigenvalue weighted by molar-refractivity contribution is -0.118. The lowest BCUT2D eigenvalue weighted by Crippen LogP contribution is -2.33. The fourth-order valence-corrected chi connectivity index (χ4v) is 1.54. The Hall–Kier alpha value is -1.55. The molecule has 2 N–H and O–H groups in total. The molecule has 5 heteroatoms. The van der Waals surface area contributed by atoms with E-state index in [4.69, 9.17) is 11.6 Å². The van der Waals surface area contributed by atoms with Gasteiger partial charge in [0.1, 0.15) is 0 Å². The van der Waals surface area contributed by atoms with E-state index in [1.807, 2.05) is 0 Å². The Morgan fingerprint density at radius 3 is 2.53 bits per heavy atom. The SMILES string of the molecule is CC(=O)NCCNC(=O)c1cccc(Cl)c1C. The smallest absolute Gasteiger partial charge is 0.251 e. The molecule has 0 spiro atoms. The van der Waals surface area contributed by atoms with Crippen molar-refractivity contribution in [2.75, 3.05) is 13.1 Å². The van der Waals surface area contributed by atoms with Gasteiger partial charge in [0, 0.05) is 30.6 Å². The normalized spacial score (nSPS) is 9.82. The van der Waals surface area contributed by atoms with Crippen molar-refractivity contribution in [2.24, 2.45) is 0 Å². The minimum absolute atomic E-state index is 0.113. The highest BCUT2D eigenvalue weighted by molar-refractivity contribution is 6.31. The van der Waals surface area contributed by atoms with E-state index in [-0.39, 0.29) is 11.8 Å². The summed E-state index contributed by atoms with van der Waals surface area (Å²) in [5.74, 6) is -0.298. The zero-order valence-corrected chi connectivity index (χ0v) is 10.6. The molecule has 0 aliphatic rings. The number of benzene rings is 1. The summed E-state index contributed by atoms with van der Waals surface area (Å²) >= 11 is 5.92. The standard InChI is InChI=1S/C12H15ClN2O2/c1-8-10(4-3-5-11(8)13)12(17)15-7-6-14-9(2)16/h3-5H,6-7H2,1-2H3,(H,14,16)(H,15,17). The van der Waals surface area contributed by atoms with E-state index in [2.05, 4.69) is 10.6 Å². The lowest BCUT2D eigenvalue weighted by Gasteiger charge is -2.08. The van der Waals surface area contributed by atoms with E-state index in [9.17, 15) is 9.59 Å². The summed E-state index contributed by atoms with van der Waals surface area (Å²) in [6, 6.07) is 5.19. The molecule has 0 radical (unpaired) electrons. The summed E-state index contributed by atoms with van der Waals surface area (Å²) in [4.78, 5) is 22.4. The van der Waals surface area contributed by atoms with Crippen LogP contribution in [0.25, 0.3) is 0 Å². The average molecular weight is 255 g/mol. The van der Waals surface area contributed by atoms with Crippen molar-refractivity contribution in [2.45, 2.75) is 13.8 Å². The summed E-state index contributed by atoms with van der Waals surface area (Å²) in [5.41, 5.74) is 1.31. The molecule has 0 bridgehead atoms. The Labute approximate surface area is 105 Å². The summed E-state index contributed by atoms with van der Waals surface area (Å²) in [6.07, 6.45) is 0. The number of halogens is 1. The highest BCUT2D eigenvalue weighted by Crippen LogP contribution is 2.18. The van der Waals surface area contributed by atoms with Crippen molar-refractivity contribution in [3.8, 4) is 0 Å². The quantitative estimate of drug-likeness (QED) is 0.801. The largest absolute Gasteiger partial charge is 0.355 e. The monoisotopic (exact) mass is 254 g/mol. The van der Waals surface area contributed by atoms with Gasteiger partial charge in [-0.2, -0.15) is 0 Å². The molecular formula is C12H15ClN2O2. The Kier molecular flexibility index (Phi) is 4.97. The molecule has 2 amide bonds. The van der Waals surface area contributed by atoms with Crippen LogP contribution < -0.4 is 10.6 Å². The van der Waals surface area contributed by atoms with E-state index in [0.717, 1.165) is 5.56 Å². The number of nitrogens with one attached hydrogen (secondary N) is 2. The highest BCUT2D eigenvalue weighted by atomic mass is 35.5. The zero-order chi connectivity index (χ0) is 12.8. The van der Waals surface area contributed by atoms with E-state index in [1.165, 1.54) is 6.92 Å². The molecule has 0 unspecified atom stereocenters. The first kappa shape index (κ1) is 13.5. The maximum absolute atomic E-state index is 11.8. The van der Waals surface area contributed by atoms with Gasteiger partial charge in [0.05, 0.1) is 0 Å². The fourth-order valence-electron chi connectivity index (χ4n) is 1.36. The molecule has 4 nitrogen and oxygen atoms in total. The molecule has 0 atom stereocenters. The Bertz CT molecular complexity index is 433. The van der Waals surface area contributed by atoms with Gasteiger partial charge in [-0.3, -0.25) is 9.59 Å². The maximum atomic E-state index is 11.8. The highest BCUT2D eigenvalue weighted by Gasteiger charge is 2.09. The fraction of sp³-hybridized carbons (Fsp3) is 0.333. The minimum Gasteiger partial charge on any atom is -0.355 e. The van der Waals surface area contributed by atoms with E-state index in [1.54, 1.807) is 25.1 Å². The van der Waals surface area contributed by atoms with Crippen molar-refractivity contribution < 1.29 is 9.59 Å².